The Labute approximate surface area is 99.3 Å². The highest BCUT2D eigenvalue weighted by molar-refractivity contribution is 4.76. The Balaban J connectivity index is 2.14. The summed E-state index contributed by atoms with van der Waals surface area (Å²) >= 11 is 0. The van der Waals surface area contributed by atoms with Gasteiger partial charge in [-0.25, -0.2) is 0 Å². The molecule has 0 radical (unpaired) electrons. The van der Waals surface area contributed by atoms with Gasteiger partial charge < -0.3 is 19.7 Å². The van der Waals surface area contributed by atoms with Crippen LogP contribution in [0.2, 0.25) is 0 Å². The Kier molecular flexibility index (Phi) is 6.96. The lowest BCUT2D eigenvalue weighted by Gasteiger charge is -2.30. The molecule has 2 atom stereocenters. The van der Waals surface area contributed by atoms with E-state index in [1.165, 1.54) is 0 Å². The summed E-state index contributed by atoms with van der Waals surface area (Å²) in [4.78, 5) is 2.35. The van der Waals surface area contributed by atoms with Crippen LogP contribution in [0, 0.1) is 0 Å². The van der Waals surface area contributed by atoms with Crippen LogP contribution in [0.4, 0.5) is 0 Å². The van der Waals surface area contributed by atoms with Crippen LogP contribution in [-0.2, 0) is 9.47 Å². The molecule has 4 nitrogen and oxygen atoms in total. The molecule has 16 heavy (non-hydrogen) atoms. The Morgan fingerprint density at radius 3 is 3.00 bits per heavy atom. The number of nitrogens with zero attached hydrogens (tertiary/aromatic N) is 1. The van der Waals surface area contributed by atoms with Crippen LogP contribution in [0.25, 0.3) is 0 Å². The van der Waals surface area contributed by atoms with Gasteiger partial charge in [-0.3, -0.25) is 0 Å². The monoisotopic (exact) mass is 230 g/mol. The molecule has 2 unspecified atom stereocenters. The fourth-order valence-electron chi connectivity index (χ4n) is 1.94. The van der Waals surface area contributed by atoms with E-state index in [-0.39, 0.29) is 0 Å². The van der Waals surface area contributed by atoms with E-state index in [1.54, 1.807) is 0 Å². The summed E-state index contributed by atoms with van der Waals surface area (Å²) in [6.07, 6.45) is 1.14. The van der Waals surface area contributed by atoms with Crippen LogP contribution in [0.5, 0.6) is 0 Å². The maximum atomic E-state index is 5.46. The van der Waals surface area contributed by atoms with Gasteiger partial charge in [0.1, 0.15) is 0 Å². The molecular formula is C12H26N2O2. The van der Waals surface area contributed by atoms with E-state index in [1.807, 2.05) is 6.92 Å². The van der Waals surface area contributed by atoms with Gasteiger partial charge in [0.15, 0.2) is 0 Å². The Hall–Kier alpha value is -0.160. The topological polar surface area (TPSA) is 33.7 Å². The molecule has 1 N–H and O–H groups in total. The third-order valence-electron chi connectivity index (χ3n) is 3.17. The molecule has 0 amide bonds. The fourth-order valence-corrected chi connectivity index (χ4v) is 1.94. The largest absolute Gasteiger partial charge is 0.380 e. The Morgan fingerprint density at radius 1 is 1.56 bits per heavy atom. The zero-order valence-corrected chi connectivity index (χ0v) is 10.9. The molecule has 1 aliphatic heterocycles. The first kappa shape index (κ1) is 13.9. The van der Waals surface area contributed by atoms with Gasteiger partial charge in [0.2, 0.25) is 0 Å². The minimum atomic E-state index is 0.512. The maximum Gasteiger partial charge on any atom is 0.0620 e. The van der Waals surface area contributed by atoms with E-state index in [0.717, 1.165) is 45.9 Å². The second-order valence-electron chi connectivity index (χ2n) is 4.49. The van der Waals surface area contributed by atoms with Gasteiger partial charge in [-0.05, 0) is 27.3 Å². The molecule has 0 aromatic rings. The quantitative estimate of drug-likeness (QED) is 0.654. The molecule has 1 heterocycles. The second kappa shape index (κ2) is 8.01. The molecule has 1 fully saturated rings. The van der Waals surface area contributed by atoms with Crippen molar-refractivity contribution in [3.63, 3.8) is 0 Å². The number of hydrogen-bond donors (Lipinski definition) is 1. The van der Waals surface area contributed by atoms with Gasteiger partial charge >= 0.3 is 0 Å². The van der Waals surface area contributed by atoms with Crippen molar-refractivity contribution >= 4 is 0 Å². The summed E-state index contributed by atoms with van der Waals surface area (Å²) in [7, 11) is 2.16. The standard InChI is InChI=1S/C12H26N2O2/c1-4-15-8-6-14(3)11(2)9-12-10-16-7-5-13-12/h11-13H,4-10H2,1-3H3. The number of hydrogen-bond acceptors (Lipinski definition) is 4. The molecule has 0 spiro atoms. The van der Waals surface area contributed by atoms with Gasteiger partial charge in [-0.1, -0.05) is 0 Å². The normalized spacial score (nSPS) is 23.6. The first-order valence-electron chi connectivity index (χ1n) is 6.33. The molecule has 4 heteroatoms. The van der Waals surface area contributed by atoms with Crippen molar-refractivity contribution in [3.05, 3.63) is 0 Å². The van der Waals surface area contributed by atoms with Gasteiger partial charge in [-0.2, -0.15) is 0 Å². The molecule has 1 saturated heterocycles. The number of rotatable bonds is 7. The average molecular weight is 230 g/mol. The van der Waals surface area contributed by atoms with Gasteiger partial charge in [0.05, 0.1) is 19.8 Å². The smallest absolute Gasteiger partial charge is 0.0620 e. The molecule has 0 aromatic carbocycles. The fraction of sp³-hybridized carbons (Fsp3) is 1.00. The number of likely N-dealkylation sites (N-methyl/N-ethyl adjacent to an activating group) is 1. The highest BCUT2D eigenvalue weighted by Gasteiger charge is 2.18. The van der Waals surface area contributed by atoms with Crippen LogP contribution in [0.15, 0.2) is 0 Å². The summed E-state index contributed by atoms with van der Waals surface area (Å²) < 4.78 is 10.8. The predicted octanol–water partition coefficient (Wildman–Crippen LogP) is 0.722. The van der Waals surface area contributed by atoms with Gasteiger partial charge in [0, 0.05) is 31.8 Å². The highest BCUT2D eigenvalue weighted by Crippen LogP contribution is 2.07. The SMILES string of the molecule is CCOCCN(C)C(C)CC1COCCN1. The Morgan fingerprint density at radius 2 is 2.38 bits per heavy atom. The van der Waals surface area contributed by atoms with Crippen LogP contribution in [0.1, 0.15) is 20.3 Å². The predicted molar refractivity (Wildman–Crippen MR) is 65.8 cm³/mol. The molecule has 1 aliphatic rings. The molecule has 0 aliphatic carbocycles. The lowest BCUT2D eigenvalue weighted by molar-refractivity contribution is 0.0593. The number of nitrogens with one attached hydrogen (secondary N) is 1. The number of ether oxygens (including phenoxy) is 2. The van der Waals surface area contributed by atoms with Crippen molar-refractivity contribution in [2.45, 2.75) is 32.4 Å². The van der Waals surface area contributed by atoms with Crippen molar-refractivity contribution in [3.8, 4) is 0 Å². The summed E-state index contributed by atoms with van der Waals surface area (Å²) in [6.45, 7) is 9.62. The van der Waals surface area contributed by atoms with Crippen molar-refractivity contribution < 1.29 is 9.47 Å². The van der Waals surface area contributed by atoms with Crippen molar-refractivity contribution in [1.29, 1.82) is 0 Å². The molecule has 96 valence electrons. The van der Waals surface area contributed by atoms with Gasteiger partial charge in [0.25, 0.3) is 0 Å². The molecule has 0 aromatic heterocycles. The minimum absolute atomic E-state index is 0.512. The maximum absolute atomic E-state index is 5.46. The third-order valence-corrected chi connectivity index (χ3v) is 3.17. The van der Waals surface area contributed by atoms with E-state index >= 15 is 0 Å². The zero-order chi connectivity index (χ0) is 11.8. The molecule has 0 saturated carbocycles. The molecular weight excluding hydrogens is 204 g/mol. The molecule has 0 bridgehead atoms. The summed E-state index contributed by atoms with van der Waals surface area (Å²) in [6, 6.07) is 1.08. The van der Waals surface area contributed by atoms with E-state index in [0.29, 0.717) is 12.1 Å². The van der Waals surface area contributed by atoms with Crippen LogP contribution < -0.4 is 5.32 Å². The summed E-state index contributed by atoms with van der Waals surface area (Å²) in [5, 5.41) is 3.49. The lowest BCUT2D eigenvalue weighted by atomic mass is 10.1. The highest BCUT2D eigenvalue weighted by atomic mass is 16.5. The lowest BCUT2D eigenvalue weighted by Crippen LogP contribution is -2.45. The zero-order valence-electron chi connectivity index (χ0n) is 10.9. The number of morpholine rings is 1. The Bertz CT molecular complexity index is 172. The summed E-state index contributed by atoms with van der Waals surface area (Å²) in [5.41, 5.74) is 0. The van der Waals surface area contributed by atoms with E-state index in [4.69, 9.17) is 9.47 Å². The van der Waals surface area contributed by atoms with Crippen LogP contribution in [0.3, 0.4) is 0 Å². The van der Waals surface area contributed by atoms with Crippen LogP contribution in [-0.4, -0.2) is 63.5 Å². The average Bonchev–Trinajstić information content (AvgIpc) is 2.30. The van der Waals surface area contributed by atoms with E-state index in [9.17, 15) is 0 Å². The van der Waals surface area contributed by atoms with Crippen molar-refractivity contribution in [2.24, 2.45) is 0 Å². The van der Waals surface area contributed by atoms with Crippen LogP contribution >= 0.6 is 0 Å². The minimum Gasteiger partial charge on any atom is -0.380 e. The second-order valence-corrected chi connectivity index (χ2v) is 4.49. The molecule has 1 rings (SSSR count). The van der Waals surface area contributed by atoms with Gasteiger partial charge in [-0.15, -0.1) is 0 Å². The van der Waals surface area contributed by atoms with E-state index in [2.05, 4.69) is 24.2 Å². The first-order valence-corrected chi connectivity index (χ1v) is 6.33. The van der Waals surface area contributed by atoms with Crippen molar-refractivity contribution in [1.82, 2.24) is 10.2 Å². The summed E-state index contributed by atoms with van der Waals surface area (Å²) in [5.74, 6) is 0. The van der Waals surface area contributed by atoms with Crippen molar-refractivity contribution in [2.75, 3.05) is 46.6 Å². The third kappa shape index (κ3) is 5.25. The first-order chi connectivity index (χ1) is 7.74. The van der Waals surface area contributed by atoms with E-state index < -0.39 is 0 Å².